The summed E-state index contributed by atoms with van der Waals surface area (Å²) >= 11 is 0. The summed E-state index contributed by atoms with van der Waals surface area (Å²) in [5.41, 5.74) is 0.332. The molecule has 1 nitrogen and oxygen atoms in total. The van der Waals surface area contributed by atoms with Crippen molar-refractivity contribution in [1.29, 1.82) is 0 Å². The highest BCUT2D eigenvalue weighted by Gasteiger charge is 2.36. The highest BCUT2D eigenvalue weighted by Crippen LogP contribution is 2.43. The third-order valence-electron chi connectivity index (χ3n) is 4.33. The summed E-state index contributed by atoms with van der Waals surface area (Å²) < 4.78 is 32.0. The van der Waals surface area contributed by atoms with E-state index >= 15 is 0 Å². The first-order valence-corrected chi connectivity index (χ1v) is 6.62. The summed E-state index contributed by atoms with van der Waals surface area (Å²) in [4.78, 5) is 0. The molecule has 1 fully saturated rings. The Balaban J connectivity index is 2.25. The molecule has 0 aromatic heterocycles. The van der Waals surface area contributed by atoms with E-state index < -0.39 is 17.2 Å². The van der Waals surface area contributed by atoms with E-state index in [-0.39, 0.29) is 0 Å². The van der Waals surface area contributed by atoms with Crippen LogP contribution < -0.4 is 0 Å². The average molecular weight is 254 g/mol. The third-order valence-corrected chi connectivity index (χ3v) is 4.33. The lowest BCUT2D eigenvalue weighted by Crippen LogP contribution is -2.33. The summed E-state index contributed by atoms with van der Waals surface area (Å²) in [5.74, 6) is -0.854. The summed E-state index contributed by atoms with van der Waals surface area (Å²) in [6.45, 7) is 2.20. The van der Waals surface area contributed by atoms with Crippen molar-refractivity contribution in [2.75, 3.05) is 7.11 Å². The SMILES string of the molecule is CCC1CCC(OC)(c2ccc(F)c(F)c2)CC1. The second kappa shape index (κ2) is 5.35. The molecule has 0 heterocycles. The maximum Gasteiger partial charge on any atom is 0.159 e. The molecule has 18 heavy (non-hydrogen) atoms. The molecule has 1 aliphatic rings. The van der Waals surface area contributed by atoms with Gasteiger partial charge in [0.1, 0.15) is 0 Å². The summed E-state index contributed by atoms with van der Waals surface area (Å²) in [6, 6.07) is 4.12. The van der Waals surface area contributed by atoms with Crippen molar-refractivity contribution in [1.82, 2.24) is 0 Å². The van der Waals surface area contributed by atoms with E-state index in [0.717, 1.165) is 37.2 Å². The topological polar surface area (TPSA) is 9.23 Å². The molecule has 0 atom stereocenters. The maximum atomic E-state index is 13.4. The van der Waals surface area contributed by atoms with Crippen LogP contribution in [-0.4, -0.2) is 7.11 Å². The van der Waals surface area contributed by atoms with E-state index in [1.54, 1.807) is 13.2 Å². The Labute approximate surface area is 107 Å². The molecule has 3 heteroatoms. The highest BCUT2D eigenvalue weighted by molar-refractivity contribution is 5.25. The number of rotatable bonds is 3. The van der Waals surface area contributed by atoms with Crippen molar-refractivity contribution in [2.45, 2.75) is 44.6 Å². The van der Waals surface area contributed by atoms with Gasteiger partial charge < -0.3 is 4.74 Å². The molecule has 2 rings (SSSR count). The molecule has 0 spiro atoms. The van der Waals surface area contributed by atoms with Crippen molar-refractivity contribution in [3.8, 4) is 0 Å². The predicted molar refractivity (Wildman–Crippen MR) is 67.3 cm³/mol. The van der Waals surface area contributed by atoms with Crippen LogP contribution in [0.2, 0.25) is 0 Å². The molecule has 1 aromatic rings. The fourth-order valence-corrected chi connectivity index (χ4v) is 2.94. The largest absolute Gasteiger partial charge is 0.374 e. The normalized spacial score (nSPS) is 28.3. The minimum atomic E-state index is -0.799. The van der Waals surface area contributed by atoms with Gasteiger partial charge in [-0.25, -0.2) is 8.78 Å². The first-order valence-electron chi connectivity index (χ1n) is 6.62. The molecule has 0 saturated heterocycles. The number of halogens is 2. The summed E-state index contributed by atoms with van der Waals surface area (Å²) in [6.07, 6.45) is 5.12. The Morgan fingerprint density at radius 2 is 1.89 bits per heavy atom. The smallest absolute Gasteiger partial charge is 0.159 e. The van der Waals surface area contributed by atoms with Crippen LogP contribution in [0.1, 0.15) is 44.6 Å². The molecule has 0 N–H and O–H groups in total. The number of methoxy groups -OCH3 is 1. The highest BCUT2D eigenvalue weighted by atomic mass is 19.2. The number of benzene rings is 1. The van der Waals surface area contributed by atoms with E-state index in [4.69, 9.17) is 4.74 Å². The van der Waals surface area contributed by atoms with Gasteiger partial charge in [0.25, 0.3) is 0 Å². The van der Waals surface area contributed by atoms with Crippen molar-refractivity contribution in [2.24, 2.45) is 5.92 Å². The molecule has 0 aliphatic heterocycles. The Hall–Kier alpha value is -0.960. The number of hydrogen-bond donors (Lipinski definition) is 0. The second-order valence-corrected chi connectivity index (χ2v) is 5.18. The fraction of sp³-hybridized carbons (Fsp3) is 0.600. The van der Waals surface area contributed by atoms with Gasteiger partial charge >= 0.3 is 0 Å². The van der Waals surface area contributed by atoms with Crippen LogP contribution in [0.25, 0.3) is 0 Å². The van der Waals surface area contributed by atoms with Gasteiger partial charge in [-0.2, -0.15) is 0 Å². The van der Waals surface area contributed by atoms with Crippen LogP contribution in [0.4, 0.5) is 8.78 Å². The molecule has 1 aliphatic carbocycles. The van der Waals surface area contributed by atoms with Gasteiger partial charge in [0.15, 0.2) is 11.6 Å². The lowest BCUT2D eigenvalue weighted by Gasteiger charge is -2.39. The lowest BCUT2D eigenvalue weighted by atomic mass is 9.74. The molecule has 0 amide bonds. The van der Waals surface area contributed by atoms with Gasteiger partial charge in [0, 0.05) is 7.11 Å². The number of hydrogen-bond acceptors (Lipinski definition) is 1. The molecule has 0 radical (unpaired) electrons. The van der Waals surface area contributed by atoms with E-state index in [9.17, 15) is 8.78 Å². The Kier molecular flexibility index (Phi) is 4.00. The van der Waals surface area contributed by atoms with Crippen molar-refractivity contribution in [3.05, 3.63) is 35.4 Å². The van der Waals surface area contributed by atoms with Gasteiger partial charge in [-0.05, 0) is 49.3 Å². The molecule has 100 valence electrons. The van der Waals surface area contributed by atoms with E-state index in [1.165, 1.54) is 18.6 Å². The maximum absolute atomic E-state index is 13.4. The Morgan fingerprint density at radius 3 is 2.39 bits per heavy atom. The standard InChI is InChI=1S/C15H20F2O/c1-3-11-6-8-15(18-2,9-7-11)12-4-5-13(16)14(17)10-12/h4-5,10-11H,3,6-9H2,1-2H3. The Morgan fingerprint density at radius 1 is 1.22 bits per heavy atom. The summed E-state index contributed by atoms with van der Waals surface area (Å²) in [5, 5.41) is 0. The minimum Gasteiger partial charge on any atom is -0.374 e. The van der Waals surface area contributed by atoms with Crippen LogP contribution in [0.3, 0.4) is 0 Å². The quantitative estimate of drug-likeness (QED) is 0.776. The second-order valence-electron chi connectivity index (χ2n) is 5.18. The molecule has 1 saturated carbocycles. The first kappa shape index (κ1) is 13.5. The van der Waals surface area contributed by atoms with Gasteiger partial charge in [-0.15, -0.1) is 0 Å². The van der Waals surface area contributed by atoms with E-state index in [0.29, 0.717) is 0 Å². The summed E-state index contributed by atoms with van der Waals surface area (Å²) in [7, 11) is 1.66. The number of ether oxygens (including phenoxy) is 1. The van der Waals surface area contributed by atoms with E-state index in [1.807, 2.05) is 0 Å². The van der Waals surface area contributed by atoms with Gasteiger partial charge in [0.05, 0.1) is 5.60 Å². The molecule has 0 unspecified atom stereocenters. The van der Waals surface area contributed by atoms with E-state index in [2.05, 4.69) is 6.92 Å². The third kappa shape index (κ3) is 2.41. The zero-order valence-electron chi connectivity index (χ0n) is 11.0. The monoisotopic (exact) mass is 254 g/mol. The van der Waals surface area contributed by atoms with Gasteiger partial charge in [-0.3, -0.25) is 0 Å². The van der Waals surface area contributed by atoms with Gasteiger partial charge in [0.2, 0.25) is 0 Å². The fourth-order valence-electron chi connectivity index (χ4n) is 2.94. The molecular weight excluding hydrogens is 234 g/mol. The van der Waals surface area contributed by atoms with Crippen LogP contribution in [0.5, 0.6) is 0 Å². The molecule has 1 aromatic carbocycles. The molecule has 0 bridgehead atoms. The lowest BCUT2D eigenvalue weighted by molar-refractivity contribution is -0.0550. The van der Waals surface area contributed by atoms with Gasteiger partial charge in [-0.1, -0.05) is 19.4 Å². The first-order chi connectivity index (χ1) is 8.61. The zero-order chi connectivity index (χ0) is 13.2. The van der Waals surface area contributed by atoms with Crippen molar-refractivity contribution < 1.29 is 13.5 Å². The van der Waals surface area contributed by atoms with Crippen LogP contribution in [0.15, 0.2) is 18.2 Å². The van der Waals surface area contributed by atoms with Crippen LogP contribution in [0, 0.1) is 17.6 Å². The minimum absolute atomic E-state index is 0.430. The van der Waals surface area contributed by atoms with Crippen molar-refractivity contribution >= 4 is 0 Å². The predicted octanol–water partition coefficient (Wildman–Crippen LogP) is 4.41. The molecular formula is C15H20F2O. The average Bonchev–Trinajstić information content (AvgIpc) is 2.42. The van der Waals surface area contributed by atoms with Crippen molar-refractivity contribution in [3.63, 3.8) is 0 Å². The Bertz CT molecular complexity index is 409. The van der Waals surface area contributed by atoms with Crippen LogP contribution >= 0.6 is 0 Å². The van der Waals surface area contributed by atoms with Crippen LogP contribution in [-0.2, 0) is 10.3 Å². The zero-order valence-corrected chi connectivity index (χ0v) is 11.0.